The molecule has 7 heteroatoms. The molecule has 192 valence electrons. The lowest BCUT2D eigenvalue weighted by atomic mass is 9.97. The molecule has 1 fully saturated rings. The van der Waals surface area contributed by atoms with Crippen molar-refractivity contribution in [2.45, 2.75) is 95.2 Å². The van der Waals surface area contributed by atoms with Crippen molar-refractivity contribution in [3.05, 3.63) is 42.0 Å². The van der Waals surface area contributed by atoms with Crippen LogP contribution in [0.25, 0.3) is 0 Å². The molecule has 3 rings (SSSR count). The summed E-state index contributed by atoms with van der Waals surface area (Å²) in [4.78, 5) is 39.4. The van der Waals surface area contributed by atoms with E-state index < -0.39 is 6.04 Å². The number of benzene rings is 1. The van der Waals surface area contributed by atoms with Gasteiger partial charge in [-0.1, -0.05) is 44.7 Å². The van der Waals surface area contributed by atoms with E-state index in [0.717, 1.165) is 48.5 Å². The van der Waals surface area contributed by atoms with Crippen molar-refractivity contribution in [1.82, 2.24) is 10.2 Å². The molecule has 1 saturated heterocycles. The molecule has 0 saturated carbocycles. The first-order valence-electron chi connectivity index (χ1n) is 13.1. The lowest BCUT2D eigenvalue weighted by Crippen LogP contribution is -2.52. The van der Waals surface area contributed by atoms with Gasteiger partial charge in [0.1, 0.15) is 6.04 Å². The van der Waals surface area contributed by atoms with Crippen molar-refractivity contribution in [3.63, 3.8) is 0 Å². The predicted octanol–water partition coefficient (Wildman–Crippen LogP) is 5.50. The highest BCUT2D eigenvalue weighted by molar-refractivity contribution is 7.99. The van der Waals surface area contributed by atoms with E-state index in [0.29, 0.717) is 30.6 Å². The Labute approximate surface area is 214 Å². The minimum Gasteiger partial charge on any atom is -0.378 e. The lowest BCUT2D eigenvalue weighted by Gasteiger charge is -2.29. The van der Waals surface area contributed by atoms with Crippen molar-refractivity contribution < 1.29 is 19.1 Å². The van der Waals surface area contributed by atoms with E-state index >= 15 is 0 Å². The summed E-state index contributed by atoms with van der Waals surface area (Å²) in [5.74, 6) is 0.843. The highest BCUT2D eigenvalue weighted by atomic mass is 32.2. The van der Waals surface area contributed by atoms with Crippen LogP contribution < -0.4 is 5.32 Å². The fraction of sp³-hybridized carbons (Fsp3) is 0.607. The van der Waals surface area contributed by atoms with Crippen LogP contribution in [0.5, 0.6) is 0 Å². The van der Waals surface area contributed by atoms with Crippen LogP contribution in [0.3, 0.4) is 0 Å². The Morgan fingerprint density at radius 3 is 2.71 bits per heavy atom. The van der Waals surface area contributed by atoms with Crippen molar-refractivity contribution in [2.24, 2.45) is 5.92 Å². The lowest BCUT2D eigenvalue weighted by molar-refractivity contribution is -0.136. The molecule has 0 radical (unpaired) electrons. The third-order valence-electron chi connectivity index (χ3n) is 7.12. The Morgan fingerprint density at radius 2 is 1.97 bits per heavy atom. The standard InChI is InChI=1S/C28H40N2O4S/c1-4-12-21(5-2)20(3)34-17-9-7-6-8-10-18-35-25-14-11-13-22-23(25)19-30(28(22)33)24-15-16-26(31)29-27(24)32/h4,11,13-14,20-21,24H,1,5-10,12,15-19H2,2-3H3,(H,29,31,32). The molecule has 0 spiro atoms. The molecule has 0 aromatic heterocycles. The van der Waals surface area contributed by atoms with Crippen LogP contribution in [-0.2, 0) is 20.9 Å². The second-order valence-corrected chi connectivity index (χ2v) is 10.7. The average molecular weight is 501 g/mol. The molecule has 1 N–H and O–H groups in total. The van der Waals surface area contributed by atoms with E-state index in [-0.39, 0.29) is 24.1 Å². The molecule has 1 aromatic rings. The summed E-state index contributed by atoms with van der Waals surface area (Å²) in [6, 6.07) is 5.27. The van der Waals surface area contributed by atoms with Crippen molar-refractivity contribution in [2.75, 3.05) is 12.4 Å². The third-order valence-corrected chi connectivity index (χ3v) is 8.31. The van der Waals surface area contributed by atoms with E-state index in [9.17, 15) is 14.4 Å². The number of nitrogens with one attached hydrogen (secondary N) is 1. The van der Waals surface area contributed by atoms with Crippen LogP contribution >= 0.6 is 11.8 Å². The van der Waals surface area contributed by atoms with E-state index in [2.05, 4.69) is 31.8 Å². The normalized spacial score (nSPS) is 19.4. The molecule has 35 heavy (non-hydrogen) atoms. The summed E-state index contributed by atoms with van der Waals surface area (Å²) >= 11 is 1.79. The van der Waals surface area contributed by atoms with Crippen LogP contribution in [0.4, 0.5) is 0 Å². The number of thioether (sulfide) groups is 1. The number of nitrogens with zero attached hydrogens (tertiary/aromatic N) is 1. The van der Waals surface area contributed by atoms with Crippen molar-refractivity contribution in [1.29, 1.82) is 0 Å². The van der Waals surface area contributed by atoms with Crippen LogP contribution in [0.15, 0.2) is 35.7 Å². The number of piperidine rings is 1. The Hall–Kier alpha value is -2.12. The van der Waals surface area contributed by atoms with Gasteiger partial charge in [0, 0.05) is 30.0 Å². The molecule has 3 amide bonds. The van der Waals surface area contributed by atoms with Gasteiger partial charge in [0.05, 0.1) is 6.10 Å². The maximum Gasteiger partial charge on any atom is 0.255 e. The number of unbranched alkanes of at least 4 members (excludes halogenated alkanes) is 4. The number of hydrogen-bond donors (Lipinski definition) is 1. The van der Waals surface area contributed by atoms with Gasteiger partial charge in [-0.05, 0) is 62.0 Å². The topological polar surface area (TPSA) is 75.7 Å². The highest BCUT2D eigenvalue weighted by Crippen LogP contribution is 2.34. The summed E-state index contributed by atoms with van der Waals surface area (Å²) in [5, 5.41) is 2.36. The fourth-order valence-corrected chi connectivity index (χ4v) is 6.01. The largest absolute Gasteiger partial charge is 0.378 e. The van der Waals surface area contributed by atoms with E-state index in [1.807, 2.05) is 18.2 Å². The molecular weight excluding hydrogens is 460 g/mol. The van der Waals surface area contributed by atoms with Crippen LogP contribution in [-0.4, -0.2) is 47.1 Å². The van der Waals surface area contributed by atoms with Gasteiger partial charge >= 0.3 is 0 Å². The predicted molar refractivity (Wildman–Crippen MR) is 140 cm³/mol. The fourth-order valence-electron chi connectivity index (χ4n) is 4.92. The molecule has 0 bridgehead atoms. The number of rotatable bonds is 15. The third kappa shape index (κ3) is 7.43. The van der Waals surface area contributed by atoms with Crippen LogP contribution in [0.2, 0.25) is 0 Å². The van der Waals surface area contributed by atoms with Gasteiger partial charge in [-0.25, -0.2) is 0 Å². The molecule has 3 atom stereocenters. The summed E-state index contributed by atoms with van der Waals surface area (Å²) in [6.45, 7) is 9.50. The highest BCUT2D eigenvalue weighted by Gasteiger charge is 2.39. The Balaban J connectivity index is 1.35. The Morgan fingerprint density at radius 1 is 1.20 bits per heavy atom. The zero-order valence-corrected chi connectivity index (χ0v) is 22.0. The molecule has 2 aliphatic heterocycles. The van der Waals surface area contributed by atoms with Gasteiger partial charge in [0.2, 0.25) is 11.8 Å². The first-order valence-corrected chi connectivity index (χ1v) is 14.1. The molecular formula is C28H40N2O4S. The molecule has 2 heterocycles. The minimum absolute atomic E-state index is 0.108. The van der Waals surface area contributed by atoms with Crippen LogP contribution in [0.1, 0.15) is 87.6 Å². The summed E-state index contributed by atoms with van der Waals surface area (Å²) in [6.07, 6.45) is 10.9. The van der Waals surface area contributed by atoms with E-state index in [4.69, 9.17) is 4.74 Å². The maximum atomic E-state index is 12.9. The summed E-state index contributed by atoms with van der Waals surface area (Å²) in [5.41, 5.74) is 1.70. The Bertz CT molecular complexity index is 903. The van der Waals surface area contributed by atoms with Gasteiger partial charge in [-0.15, -0.1) is 18.3 Å². The summed E-state index contributed by atoms with van der Waals surface area (Å²) < 4.78 is 6.02. The molecule has 6 nitrogen and oxygen atoms in total. The maximum absolute atomic E-state index is 12.9. The van der Waals surface area contributed by atoms with Crippen molar-refractivity contribution >= 4 is 29.5 Å². The second kappa shape index (κ2) is 13.8. The SMILES string of the molecule is C=CCC(CC)C(C)OCCCCCCCSc1cccc2c1CN(C1CCC(=O)NC1=O)C2=O. The van der Waals surface area contributed by atoms with E-state index in [1.165, 1.54) is 19.3 Å². The molecule has 1 aromatic carbocycles. The Kier molecular flexibility index (Phi) is 10.9. The first-order chi connectivity index (χ1) is 17.0. The quantitative estimate of drug-likeness (QED) is 0.149. The van der Waals surface area contributed by atoms with Gasteiger partial charge in [0.25, 0.3) is 5.91 Å². The van der Waals surface area contributed by atoms with Gasteiger partial charge in [0.15, 0.2) is 0 Å². The van der Waals surface area contributed by atoms with E-state index in [1.54, 1.807) is 16.7 Å². The average Bonchev–Trinajstić information content (AvgIpc) is 3.18. The monoisotopic (exact) mass is 500 g/mol. The van der Waals surface area contributed by atoms with Gasteiger partial charge < -0.3 is 9.64 Å². The number of ether oxygens (including phenoxy) is 1. The summed E-state index contributed by atoms with van der Waals surface area (Å²) in [7, 11) is 0. The zero-order chi connectivity index (χ0) is 25.2. The van der Waals surface area contributed by atoms with Crippen molar-refractivity contribution in [3.8, 4) is 0 Å². The number of allylic oxidation sites excluding steroid dienone is 1. The minimum atomic E-state index is -0.563. The van der Waals surface area contributed by atoms with Gasteiger partial charge in [-0.2, -0.15) is 0 Å². The second-order valence-electron chi connectivity index (χ2n) is 9.57. The smallest absolute Gasteiger partial charge is 0.255 e. The first kappa shape index (κ1) is 27.5. The molecule has 0 aliphatic carbocycles. The number of fused-ring (bicyclic) bond motifs is 1. The number of amides is 3. The number of carbonyl (C=O) groups is 3. The molecule has 3 unspecified atom stereocenters. The number of hydrogen-bond acceptors (Lipinski definition) is 5. The zero-order valence-electron chi connectivity index (χ0n) is 21.2. The van der Waals surface area contributed by atoms with Gasteiger partial charge in [-0.3, -0.25) is 19.7 Å². The number of imide groups is 1. The molecule has 2 aliphatic rings. The number of carbonyl (C=O) groups excluding carboxylic acids is 3. The van der Waals surface area contributed by atoms with Crippen LogP contribution in [0, 0.1) is 5.92 Å².